The summed E-state index contributed by atoms with van der Waals surface area (Å²) in [6, 6.07) is 11.9. The summed E-state index contributed by atoms with van der Waals surface area (Å²) in [5.41, 5.74) is 1.63. The third-order valence-electron chi connectivity index (χ3n) is 4.91. The Bertz CT molecular complexity index is 810. The van der Waals surface area contributed by atoms with Crippen molar-refractivity contribution in [3.8, 4) is 5.75 Å². The molecule has 1 aliphatic rings. The van der Waals surface area contributed by atoms with Crippen LogP contribution >= 0.6 is 11.6 Å². The van der Waals surface area contributed by atoms with Crippen molar-refractivity contribution in [3.63, 3.8) is 0 Å². The highest BCUT2D eigenvalue weighted by Crippen LogP contribution is 2.23. The van der Waals surface area contributed by atoms with Crippen LogP contribution in [-0.4, -0.2) is 55.5 Å². The molecule has 5 nitrogen and oxygen atoms in total. The molecule has 1 N–H and O–H groups in total. The molecule has 0 unspecified atom stereocenters. The van der Waals surface area contributed by atoms with Crippen molar-refractivity contribution in [3.05, 3.63) is 58.9 Å². The van der Waals surface area contributed by atoms with Crippen LogP contribution in [0.3, 0.4) is 0 Å². The summed E-state index contributed by atoms with van der Waals surface area (Å²) >= 11 is 6.12. The van der Waals surface area contributed by atoms with Gasteiger partial charge in [-0.2, -0.15) is 0 Å². The Morgan fingerprint density at radius 3 is 2.57 bits per heavy atom. The zero-order chi connectivity index (χ0) is 19.9. The first-order valence-electron chi connectivity index (χ1n) is 9.36. The Balaban J connectivity index is 1.41. The fourth-order valence-corrected chi connectivity index (χ4v) is 3.51. The van der Waals surface area contributed by atoms with Crippen molar-refractivity contribution < 1.29 is 13.9 Å². The number of ether oxygens (including phenoxy) is 1. The van der Waals surface area contributed by atoms with Crippen LogP contribution in [0.4, 0.5) is 10.1 Å². The average Bonchev–Trinajstić information content (AvgIpc) is 2.70. The van der Waals surface area contributed by atoms with Crippen LogP contribution < -0.4 is 10.1 Å². The summed E-state index contributed by atoms with van der Waals surface area (Å²) in [6.45, 7) is 4.98. The van der Waals surface area contributed by atoms with E-state index in [1.807, 2.05) is 24.3 Å². The third kappa shape index (κ3) is 5.67. The van der Waals surface area contributed by atoms with Crippen LogP contribution in [0, 0.1) is 5.82 Å². The summed E-state index contributed by atoms with van der Waals surface area (Å²) in [5.74, 6) is 0.318. The Morgan fingerprint density at radius 1 is 1.14 bits per heavy atom. The zero-order valence-corrected chi connectivity index (χ0v) is 16.7. The maximum atomic E-state index is 13.2. The molecule has 150 valence electrons. The van der Waals surface area contributed by atoms with E-state index in [-0.39, 0.29) is 11.7 Å². The smallest absolute Gasteiger partial charge is 0.225 e. The van der Waals surface area contributed by atoms with Gasteiger partial charge in [0.1, 0.15) is 11.6 Å². The molecule has 0 spiro atoms. The van der Waals surface area contributed by atoms with Crippen LogP contribution in [-0.2, 0) is 11.3 Å². The summed E-state index contributed by atoms with van der Waals surface area (Å²) < 4.78 is 18.4. The van der Waals surface area contributed by atoms with E-state index in [0.717, 1.165) is 31.7 Å². The molecule has 1 heterocycles. The van der Waals surface area contributed by atoms with Crippen molar-refractivity contribution in [2.45, 2.75) is 13.0 Å². The number of amides is 1. The quantitative estimate of drug-likeness (QED) is 0.764. The summed E-state index contributed by atoms with van der Waals surface area (Å²) in [6.07, 6.45) is 0.432. The molecule has 0 bridgehead atoms. The second kappa shape index (κ2) is 9.87. The van der Waals surface area contributed by atoms with Crippen LogP contribution in [0.15, 0.2) is 42.5 Å². The molecule has 2 aromatic carbocycles. The second-order valence-electron chi connectivity index (χ2n) is 6.85. The van der Waals surface area contributed by atoms with Gasteiger partial charge < -0.3 is 15.0 Å². The lowest BCUT2D eigenvalue weighted by Crippen LogP contribution is -2.46. The molecule has 7 heteroatoms. The van der Waals surface area contributed by atoms with Gasteiger partial charge in [0.2, 0.25) is 5.91 Å². The van der Waals surface area contributed by atoms with Crippen LogP contribution in [0.25, 0.3) is 0 Å². The Hall–Kier alpha value is -2.15. The van der Waals surface area contributed by atoms with Gasteiger partial charge in [0.25, 0.3) is 0 Å². The standard InChI is InChI=1S/C21H25ClFN3O2/c1-28-20-5-3-2-4-19(20)24-21(27)8-9-25-10-12-26(13-11-25)15-16-6-7-17(23)14-18(16)22/h2-7,14H,8-13,15H2,1H3,(H,24,27). The Labute approximate surface area is 170 Å². The molecular formula is C21H25ClFN3O2. The molecule has 1 fully saturated rings. The van der Waals surface area contributed by atoms with Gasteiger partial charge in [-0.3, -0.25) is 9.69 Å². The number of carbonyl (C=O) groups excluding carboxylic acids is 1. The van der Waals surface area contributed by atoms with Gasteiger partial charge in [-0.25, -0.2) is 4.39 Å². The van der Waals surface area contributed by atoms with E-state index in [2.05, 4.69) is 15.1 Å². The number of methoxy groups -OCH3 is 1. The van der Waals surface area contributed by atoms with Crippen molar-refractivity contribution in [1.29, 1.82) is 0 Å². The second-order valence-corrected chi connectivity index (χ2v) is 7.26. The summed E-state index contributed by atoms with van der Waals surface area (Å²) in [5, 5.41) is 3.37. The number of nitrogens with zero attached hydrogens (tertiary/aromatic N) is 2. The number of piperazine rings is 1. The SMILES string of the molecule is COc1ccccc1NC(=O)CCN1CCN(Cc2ccc(F)cc2Cl)CC1. The molecule has 0 aromatic heterocycles. The minimum Gasteiger partial charge on any atom is -0.495 e. The molecule has 1 aliphatic heterocycles. The highest BCUT2D eigenvalue weighted by atomic mass is 35.5. The van der Waals surface area contributed by atoms with Gasteiger partial charge in [0.15, 0.2) is 0 Å². The van der Waals surface area contributed by atoms with Gasteiger partial charge in [0, 0.05) is 50.7 Å². The molecular weight excluding hydrogens is 381 g/mol. The van der Waals surface area contributed by atoms with E-state index in [4.69, 9.17) is 16.3 Å². The number of benzene rings is 2. The van der Waals surface area contributed by atoms with Gasteiger partial charge in [0.05, 0.1) is 12.8 Å². The third-order valence-corrected chi connectivity index (χ3v) is 5.26. The number of hydrogen-bond donors (Lipinski definition) is 1. The predicted octanol–water partition coefficient (Wildman–Crippen LogP) is 3.63. The minimum absolute atomic E-state index is 0.0231. The van der Waals surface area contributed by atoms with E-state index >= 15 is 0 Å². The number of rotatable bonds is 7. The van der Waals surface area contributed by atoms with E-state index in [0.29, 0.717) is 36.0 Å². The first kappa shape index (κ1) is 20.6. The van der Waals surface area contributed by atoms with Crippen LogP contribution in [0.1, 0.15) is 12.0 Å². The van der Waals surface area contributed by atoms with Gasteiger partial charge in [-0.05, 0) is 29.8 Å². The molecule has 0 radical (unpaired) electrons. The molecule has 1 amide bonds. The van der Waals surface area contributed by atoms with Gasteiger partial charge >= 0.3 is 0 Å². The van der Waals surface area contributed by atoms with Crippen LogP contribution in [0.5, 0.6) is 5.75 Å². The highest BCUT2D eigenvalue weighted by Gasteiger charge is 2.18. The number of hydrogen-bond acceptors (Lipinski definition) is 4. The molecule has 0 aliphatic carbocycles. The van der Waals surface area contributed by atoms with Crippen molar-refractivity contribution >= 4 is 23.2 Å². The Kier molecular flexibility index (Phi) is 7.25. The zero-order valence-electron chi connectivity index (χ0n) is 16.0. The first-order chi connectivity index (χ1) is 13.5. The van der Waals surface area contributed by atoms with E-state index in [9.17, 15) is 9.18 Å². The number of para-hydroxylation sites is 2. The normalized spacial score (nSPS) is 15.4. The fraction of sp³-hybridized carbons (Fsp3) is 0.381. The lowest BCUT2D eigenvalue weighted by atomic mass is 10.2. The van der Waals surface area contributed by atoms with E-state index in [1.165, 1.54) is 12.1 Å². The highest BCUT2D eigenvalue weighted by molar-refractivity contribution is 6.31. The monoisotopic (exact) mass is 405 g/mol. The first-order valence-corrected chi connectivity index (χ1v) is 9.74. The Morgan fingerprint density at radius 2 is 1.86 bits per heavy atom. The van der Waals surface area contributed by atoms with Crippen molar-refractivity contribution in [1.82, 2.24) is 9.80 Å². The maximum absolute atomic E-state index is 13.2. The van der Waals surface area contributed by atoms with E-state index < -0.39 is 0 Å². The lowest BCUT2D eigenvalue weighted by Gasteiger charge is -2.34. The minimum atomic E-state index is -0.315. The van der Waals surface area contributed by atoms with Crippen molar-refractivity contribution in [2.24, 2.45) is 0 Å². The van der Waals surface area contributed by atoms with Gasteiger partial charge in [-0.15, -0.1) is 0 Å². The fourth-order valence-electron chi connectivity index (χ4n) is 3.28. The maximum Gasteiger partial charge on any atom is 0.225 e. The number of nitrogens with one attached hydrogen (secondary N) is 1. The largest absolute Gasteiger partial charge is 0.495 e. The molecule has 3 rings (SSSR count). The van der Waals surface area contributed by atoms with Gasteiger partial charge in [-0.1, -0.05) is 29.8 Å². The predicted molar refractivity (Wildman–Crippen MR) is 109 cm³/mol. The summed E-state index contributed by atoms with van der Waals surface area (Å²) in [7, 11) is 1.59. The number of halogens is 2. The number of carbonyl (C=O) groups is 1. The number of anilines is 1. The molecule has 28 heavy (non-hydrogen) atoms. The topological polar surface area (TPSA) is 44.8 Å². The molecule has 0 saturated carbocycles. The lowest BCUT2D eigenvalue weighted by molar-refractivity contribution is -0.116. The molecule has 2 aromatic rings. The molecule has 1 saturated heterocycles. The molecule has 0 atom stereocenters. The van der Waals surface area contributed by atoms with Crippen LogP contribution in [0.2, 0.25) is 5.02 Å². The van der Waals surface area contributed by atoms with Crippen molar-refractivity contribution in [2.75, 3.05) is 45.2 Å². The summed E-state index contributed by atoms with van der Waals surface area (Å²) in [4.78, 5) is 16.8. The average molecular weight is 406 g/mol. The van der Waals surface area contributed by atoms with E-state index in [1.54, 1.807) is 13.2 Å².